The Morgan fingerprint density at radius 1 is 1.50 bits per heavy atom. The lowest BCUT2D eigenvalue weighted by atomic mass is 9.89. The summed E-state index contributed by atoms with van der Waals surface area (Å²) < 4.78 is 0. The smallest absolute Gasteiger partial charge is 0.228 e. The zero-order valence-corrected chi connectivity index (χ0v) is 12.0. The van der Waals surface area contributed by atoms with Crippen molar-refractivity contribution >= 4 is 23.0 Å². The molecule has 1 fully saturated rings. The van der Waals surface area contributed by atoms with Crippen LogP contribution in [0.1, 0.15) is 37.1 Å². The molecule has 1 amide bonds. The molecule has 0 radical (unpaired) electrons. The van der Waals surface area contributed by atoms with Crippen LogP contribution in [-0.2, 0) is 16.0 Å². The van der Waals surface area contributed by atoms with Gasteiger partial charge in [-0.1, -0.05) is 0 Å². The van der Waals surface area contributed by atoms with E-state index in [1.807, 2.05) is 32.2 Å². The van der Waals surface area contributed by atoms with Crippen molar-refractivity contribution in [3.05, 3.63) is 21.9 Å². The maximum Gasteiger partial charge on any atom is 0.228 e. The van der Waals surface area contributed by atoms with Gasteiger partial charge in [-0.25, -0.2) is 0 Å². The molecule has 4 heteroatoms. The van der Waals surface area contributed by atoms with E-state index < -0.39 is 0 Å². The lowest BCUT2D eigenvalue weighted by molar-refractivity contribution is -0.144. The van der Waals surface area contributed by atoms with Crippen LogP contribution in [0.4, 0.5) is 0 Å². The van der Waals surface area contributed by atoms with Gasteiger partial charge in [-0.05, 0) is 44.2 Å². The largest absolute Gasteiger partial charge is 0.330 e. The second-order valence-corrected chi connectivity index (χ2v) is 6.54. The molecule has 0 aromatic carbocycles. The van der Waals surface area contributed by atoms with Crippen LogP contribution in [0.15, 0.2) is 11.4 Å². The highest BCUT2D eigenvalue weighted by atomic mass is 32.1. The van der Waals surface area contributed by atoms with Gasteiger partial charge in [0.1, 0.15) is 0 Å². The SMILES string of the molecule is Cc1ccsc1CC(=O)N1CC(=O)CCC1(C)C. The average molecular weight is 265 g/mol. The standard InChI is InChI=1S/C14H19NO2S/c1-10-5-7-18-12(10)8-13(17)15-9-11(16)4-6-14(15,2)3/h5,7H,4,6,8-9H2,1-3H3. The third kappa shape index (κ3) is 2.64. The van der Waals surface area contributed by atoms with Crippen molar-refractivity contribution < 1.29 is 9.59 Å². The van der Waals surface area contributed by atoms with E-state index in [0.29, 0.717) is 12.8 Å². The molecule has 2 heterocycles. The van der Waals surface area contributed by atoms with Gasteiger partial charge < -0.3 is 4.90 Å². The Labute approximate surface area is 112 Å². The molecule has 18 heavy (non-hydrogen) atoms. The monoisotopic (exact) mass is 265 g/mol. The highest BCUT2D eigenvalue weighted by Crippen LogP contribution is 2.27. The Bertz CT molecular complexity index is 476. The van der Waals surface area contributed by atoms with Crippen LogP contribution < -0.4 is 0 Å². The van der Waals surface area contributed by atoms with E-state index in [2.05, 4.69) is 0 Å². The normalized spacial score (nSPS) is 19.1. The van der Waals surface area contributed by atoms with Crippen LogP contribution in [0, 0.1) is 6.92 Å². The predicted octanol–water partition coefficient (Wildman–Crippen LogP) is 2.57. The van der Waals surface area contributed by atoms with Crippen LogP contribution in [0.2, 0.25) is 0 Å². The number of piperidine rings is 1. The summed E-state index contributed by atoms with van der Waals surface area (Å²) in [7, 11) is 0. The molecular formula is C14H19NO2S. The van der Waals surface area contributed by atoms with Crippen LogP contribution in [-0.4, -0.2) is 28.7 Å². The van der Waals surface area contributed by atoms with Crippen molar-refractivity contribution in [2.75, 3.05) is 6.54 Å². The molecule has 0 saturated carbocycles. The van der Waals surface area contributed by atoms with Gasteiger partial charge in [-0.15, -0.1) is 11.3 Å². The number of likely N-dealkylation sites (tertiary alicyclic amines) is 1. The van der Waals surface area contributed by atoms with E-state index in [0.717, 1.165) is 16.9 Å². The molecular weight excluding hydrogens is 246 g/mol. The molecule has 1 aliphatic heterocycles. The number of ketones is 1. The lowest BCUT2D eigenvalue weighted by Crippen LogP contribution is -2.54. The molecule has 98 valence electrons. The third-order valence-electron chi connectivity index (χ3n) is 3.66. The summed E-state index contributed by atoms with van der Waals surface area (Å²) in [6.45, 7) is 6.37. The van der Waals surface area contributed by atoms with E-state index in [1.54, 1.807) is 16.2 Å². The summed E-state index contributed by atoms with van der Waals surface area (Å²) in [5.74, 6) is 0.240. The minimum atomic E-state index is -0.198. The molecule has 3 nitrogen and oxygen atoms in total. The number of hydrogen-bond acceptors (Lipinski definition) is 3. The van der Waals surface area contributed by atoms with Crippen molar-refractivity contribution in [2.24, 2.45) is 0 Å². The first-order valence-electron chi connectivity index (χ1n) is 6.25. The predicted molar refractivity (Wildman–Crippen MR) is 72.8 cm³/mol. The van der Waals surface area contributed by atoms with Gasteiger partial charge in [-0.3, -0.25) is 9.59 Å². The quantitative estimate of drug-likeness (QED) is 0.824. The average Bonchev–Trinajstić information content (AvgIpc) is 2.68. The van der Waals surface area contributed by atoms with Crippen LogP contribution in [0.3, 0.4) is 0 Å². The second-order valence-electron chi connectivity index (χ2n) is 5.53. The topological polar surface area (TPSA) is 37.4 Å². The number of carbonyl (C=O) groups is 2. The van der Waals surface area contributed by atoms with Crippen molar-refractivity contribution in [3.8, 4) is 0 Å². The molecule has 2 rings (SSSR count). The molecule has 0 spiro atoms. The minimum Gasteiger partial charge on any atom is -0.330 e. The van der Waals surface area contributed by atoms with Gasteiger partial charge in [-0.2, -0.15) is 0 Å². The number of thiophene rings is 1. The Morgan fingerprint density at radius 2 is 2.22 bits per heavy atom. The number of hydrogen-bond donors (Lipinski definition) is 0. The number of amides is 1. The van der Waals surface area contributed by atoms with Gasteiger partial charge >= 0.3 is 0 Å². The number of Topliss-reactive ketones (excluding diaryl/α,β-unsaturated/α-hetero) is 1. The summed E-state index contributed by atoms with van der Waals surface area (Å²) >= 11 is 1.61. The molecule has 0 atom stereocenters. The molecule has 1 aromatic rings. The first-order valence-corrected chi connectivity index (χ1v) is 7.13. The maximum atomic E-state index is 12.4. The highest BCUT2D eigenvalue weighted by molar-refractivity contribution is 7.10. The van der Waals surface area contributed by atoms with Crippen molar-refractivity contribution in [2.45, 2.75) is 45.6 Å². The Kier molecular flexibility index (Phi) is 3.57. The first-order chi connectivity index (χ1) is 8.40. The van der Waals surface area contributed by atoms with Gasteiger partial charge in [0.2, 0.25) is 5.91 Å². The van der Waals surface area contributed by atoms with E-state index in [4.69, 9.17) is 0 Å². The number of aryl methyl sites for hydroxylation is 1. The number of carbonyl (C=O) groups excluding carboxylic acids is 2. The molecule has 0 bridgehead atoms. The molecule has 0 aliphatic carbocycles. The van der Waals surface area contributed by atoms with E-state index in [1.165, 1.54) is 0 Å². The lowest BCUT2D eigenvalue weighted by Gasteiger charge is -2.41. The molecule has 1 aromatic heterocycles. The van der Waals surface area contributed by atoms with Gasteiger partial charge in [0.25, 0.3) is 0 Å². The van der Waals surface area contributed by atoms with Gasteiger partial charge in [0.05, 0.1) is 13.0 Å². The fraction of sp³-hybridized carbons (Fsp3) is 0.571. The van der Waals surface area contributed by atoms with E-state index in [9.17, 15) is 9.59 Å². The zero-order valence-electron chi connectivity index (χ0n) is 11.2. The van der Waals surface area contributed by atoms with E-state index in [-0.39, 0.29) is 23.8 Å². The summed E-state index contributed by atoms with van der Waals surface area (Å²) in [6, 6.07) is 2.03. The van der Waals surface area contributed by atoms with Crippen LogP contribution >= 0.6 is 11.3 Å². The molecule has 0 N–H and O–H groups in total. The summed E-state index contributed by atoms with van der Waals surface area (Å²) in [5, 5.41) is 2.00. The van der Waals surface area contributed by atoms with Gasteiger partial charge in [0.15, 0.2) is 5.78 Å². The minimum absolute atomic E-state index is 0.0681. The number of rotatable bonds is 2. The molecule has 1 aliphatic rings. The summed E-state index contributed by atoms with van der Waals surface area (Å²) in [6.07, 6.45) is 1.77. The van der Waals surface area contributed by atoms with Crippen molar-refractivity contribution in [3.63, 3.8) is 0 Å². The Balaban J connectivity index is 2.12. The van der Waals surface area contributed by atoms with Crippen molar-refractivity contribution in [1.29, 1.82) is 0 Å². The highest BCUT2D eigenvalue weighted by Gasteiger charge is 2.36. The maximum absolute atomic E-state index is 12.4. The Hall–Kier alpha value is -1.16. The molecule has 1 saturated heterocycles. The second kappa shape index (κ2) is 4.84. The third-order valence-corrected chi connectivity index (χ3v) is 4.68. The fourth-order valence-electron chi connectivity index (χ4n) is 2.29. The van der Waals surface area contributed by atoms with Crippen LogP contribution in [0.25, 0.3) is 0 Å². The van der Waals surface area contributed by atoms with Crippen LogP contribution in [0.5, 0.6) is 0 Å². The summed E-state index contributed by atoms with van der Waals surface area (Å²) in [4.78, 5) is 26.8. The van der Waals surface area contributed by atoms with Crippen molar-refractivity contribution in [1.82, 2.24) is 4.90 Å². The Morgan fingerprint density at radius 3 is 2.83 bits per heavy atom. The van der Waals surface area contributed by atoms with Gasteiger partial charge in [0, 0.05) is 16.8 Å². The van der Waals surface area contributed by atoms with E-state index >= 15 is 0 Å². The first kappa shape index (κ1) is 13.3. The fourth-order valence-corrected chi connectivity index (χ4v) is 3.19. The number of nitrogens with zero attached hydrogens (tertiary/aromatic N) is 1. The molecule has 0 unspecified atom stereocenters. The summed E-state index contributed by atoms with van der Waals surface area (Å²) in [5.41, 5.74) is 0.963. The zero-order chi connectivity index (χ0) is 13.3.